The summed E-state index contributed by atoms with van der Waals surface area (Å²) in [6.07, 6.45) is 4.00. The maximum Gasteiger partial charge on any atom is 0.251 e. The number of unbranched alkanes of at least 4 members (excludes halogenated alkanes) is 1. The molecule has 0 aromatic carbocycles. The summed E-state index contributed by atoms with van der Waals surface area (Å²) in [6.45, 7) is 0. The van der Waals surface area contributed by atoms with Gasteiger partial charge in [0.2, 0.25) is 0 Å². The van der Waals surface area contributed by atoms with Crippen LogP contribution in [0, 0.1) is 5.41 Å². The number of hydrogen-bond donors (Lipinski definition) is 3. The van der Waals surface area contributed by atoms with E-state index in [1.807, 2.05) is 0 Å². The van der Waals surface area contributed by atoms with E-state index >= 15 is 0 Å². The highest BCUT2D eigenvalue weighted by molar-refractivity contribution is 7.99. The Hall–Kier alpha value is -1.30. The molecular formula is C9H14N4OS. The number of amidine groups is 1. The largest absolute Gasteiger partial charge is 0.388 e. The van der Waals surface area contributed by atoms with Gasteiger partial charge in [-0.3, -0.25) is 10.2 Å². The molecule has 1 rings (SSSR count). The van der Waals surface area contributed by atoms with Crippen LogP contribution >= 0.6 is 11.8 Å². The molecule has 82 valence electrons. The molecule has 0 aliphatic heterocycles. The standard InChI is InChI=1S/C9H14N4OS/c10-7(11)3-1-2-6-15-9-12-5-4-8(14)13-9/h4-5H,1-3,6H2,(H3,10,11)(H,12,13,14). The van der Waals surface area contributed by atoms with Crippen LogP contribution in [-0.2, 0) is 0 Å². The Labute approximate surface area is 92.0 Å². The molecule has 0 aliphatic carbocycles. The Morgan fingerprint density at radius 1 is 1.60 bits per heavy atom. The van der Waals surface area contributed by atoms with E-state index in [0.29, 0.717) is 11.6 Å². The second-order valence-electron chi connectivity index (χ2n) is 3.07. The van der Waals surface area contributed by atoms with Crippen molar-refractivity contribution in [2.45, 2.75) is 24.4 Å². The summed E-state index contributed by atoms with van der Waals surface area (Å²) >= 11 is 1.51. The number of nitrogens with zero attached hydrogens (tertiary/aromatic N) is 1. The fourth-order valence-corrected chi connectivity index (χ4v) is 1.86. The third kappa shape index (κ3) is 5.21. The number of hydrogen-bond acceptors (Lipinski definition) is 4. The van der Waals surface area contributed by atoms with E-state index in [-0.39, 0.29) is 11.4 Å². The van der Waals surface area contributed by atoms with Crippen LogP contribution in [0.4, 0.5) is 0 Å². The molecule has 5 nitrogen and oxygen atoms in total. The third-order valence-electron chi connectivity index (χ3n) is 1.73. The van der Waals surface area contributed by atoms with Crippen LogP contribution in [0.15, 0.2) is 22.2 Å². The number of nitrogens with two attached hydrogens (primary N) is 1. The normalized spacial score (nSPS) is 10.1. The fraction of sp³-hybridized carbons (Fsp3) is 0.444. The SMILES string of the molecule is N=C(N)CCCCSc1nccc(=O)[nH]1. The summed E-state index contributed by atoms with van der Waals surface area (Å²) in [5.74, 6) is 1.10. The number of nitrogens with one attached hydrogen (secondary N) is 2. The summed E-state index contributed by atoms with van der Waals surface area (Å²) in [4.78, 5) is 17.6. The lowest BCUT2D eigenvalue weighted by Crippen LogP contribution is -2.08. The van der Waals surface area contributed by atoms with Gasteiger partial charge in [-0.2, -0.15) is 0 Å². The van der Waals surface area contributed by atoms with Gasteiger partial charge in [0.1, 0.15) is 0 Å². The minimum atomic E-state index is -0.128. The number of thioether (sulfide) groups is 1. The molecular weight excluding hydrogens is 212 g/mol. The molecule has 1 aromatic rings. The zero-order chi connectivity index (χ0) is 11.1. The summed E-state index contributed by atoms with van der Waals surface area (Å²) in [5, 5.41) is 7.68. The highest BCUT2D eigenvalue weighted by Gasteiger charge is 1.96. The molecule has 0 unspecified atom stereocenters. The van der Waals surface area contributed by atoms with E-state index in [4.69, 9.17) is 11.1 Å². The minimum Gasteiger partial charge on any atom is -0.388 e. The lowest BCUT2D eigenvalue weighted by Gasteiger charge is -1.99. The van der Waals surface area contributed by atoms with Gasteiger partial charge in [0.25, 0.3) is 5.56 Å². The van der Waals surface area contributed by atoms with Crippen LogP contribution < -0.4 is 11.3 Å². The van der Waals surface area contributed by atoms with E-state index in [0.717, 1.165) is 18.6 Å². The summed E-state index contributed by atoms with van der Waals surface area (Å²) in [5.41, 5.74) is 5.09. The fourth-order valence-electron chi connectivity index (χ4n) is 1.01. The zero-order valence-corrected chi connectivity index (χ0v) is 9.14. The first-order valence-corrected chi connectivity index (χ1v) is 5.68. The summed E-state index contributed by atoms with van der Waals surface area (Å²) in [6, 6.07) is 1.39. The van der Waals surface area contributed by atoms with Crippen molar-refractivity contribution in [3.8, 4) is 0 Å². The number of H-pyrrole nitrogens is 1. The summed E-state index contributed by atoms with van der Waals surface area (Å²) in [7, 11) is 0. The molecule has 1 heterocycles. The molecule has 15 heavy (non-hydrogen) atoms. The molecule has 0 spiro atoms. The number of aromatic amines is 1. The molecule has 0 amide bonds. The molecule has 0 saturated carbocycles. The van der Waals surface area contributed by atoms with Crippen molar-refractivity contribution in [3.63, 3.8) is 0 Å². The molecule has 0 aliphatic rings. The van der Waals surface area contributed by atoms with E-state index in [1.165, 1.54) is 24.0 Å². The van der Waals surface area contributed by atoms with Gasteiger partial charge < -0.3 is 10.7 Å². The molecule has 0 fully saturated rings. The first-order chi connectivity index (χ1) is 7.18. The molecule has 0 radical (unpaired) electrons. The molecule has 4 N–H and O–H groups in total. The Morgan fingerprint density at radius 2 is 2.40 bits per heavy atom. The van der Waals surface area contributed by atoms with Crippen LogP contribution in [-0.4, -0.2) is 21.6 Å². The predicted molar refractivity (Wildman–Crippen MR) is 61.3 cm³/mol. The Bertz CT molecular complexity index is 376. The van der Waals surface area contributed by atoms with Gasteiger partial charge in [-0.05, 0) is 12.8 Å². The molecule has 0 bridgehead atoms. The van der Waals surface area contributed by atoms with E-state index in [1.54, 1.807) is 0 Å². The van der Waals surface area contributed by atoms with Gasteiger partial charge in [0.05, 0.1) is 5.84 Å². The Morgan fingerprint density at radius 3 is 3.07 bits per heavy atom. The van der Waals surface area contributed by atoms with E-state index in [2.05, 4.69) is 9.97 Å². The molecule has 0 saturated heterocycles. The molecule has 1 aromatic heterocycles. The average molecular weight is 226 g/mol. The monoisotopic (exact) mass is 226 g/mol. The predicted octanol–water partition coefficient (Wildman–Crippen LogP) is 0.968. The second kappa shape index (κ2) is 6.23. The average Bonchev–Trinajstić information content (AvgIpc) is 2.17. The van der Waals surface area contributed by atoms with E-state index < -0.39 is 0 Å². The maximum atomic E-state index is 10.9. The van der Waals surface area contributed by atoms with Gasteiger partial charge in [-0.1, -0.05) is 11.8 Å². The smallest absolute Gasteiger partial charge is 0.251 e. The summed E-state index contributed by atoms with van der Waals surface area (Å²) < 4.78 is 0. The molecule has 6 heteroatoms. The lowest BCUT2D eigenvalue weighted by molar-refractivity contribution is 0.832. The first kappa shape index (κ1) is 11.8. The van der Waals surface area contributed by atoms with Crippen molar-refractivity contribution in [2.24, 2.45) is 5.73 Å². The van der Waals surface area contributed by atoms with Gasteiger partial charge >= 0.3 is 0 Å². The number of rotatable bonds is 6. The first-order valence-electron chi connectivity index (χ1n) is 4.69. The highest BCUT2D eigenvalue weighted by atomic mass is 32.2. The van der Waals surface area contributed by atoms with Gasteiger partial charge in [0.15, 0.2) is 5.16 Å². The minimum absolute atomic E-state index is 0.128. The van der Waals surface area contributed by atoms with Gasteiger partial charge in [0, 0.05) is 24.4 Å². The van der Waals surface area contributed by atoms with Gasteiger partial charge in [-0.25, -0.2) is 4.98 Å². The van der Waals surface area contributed by atoms with Crippen molar-refractivity contribution in [1.29, 1.82) is 5.41 Å². The number of aromatic nitrogens is 2. The maximum absolute atomic E-state index is 10.9. The third-order valence-corrected chi connectivity index (χ3v) is 2.70. The second-order valence-corrected chi connectivity index (χ2v) is 4.15. The van der Waals surface area contributed by atoms with Crippen LogP contribution in [0.25, 0.3) is 0 Å². The Kier molecular flexibility index (Phi) is 4.89. The van der Waals surface area contributed by atoms with Crippen molar-refractivity contribution in [2.75, 3.05) is 5.75 Å². The van der Waals surface area contributed by atoms with Crippen LogP contribution in [0.3, 0.4) is 0 Å². The zero-order valence-electron chi connectivity index (χ0n) is 8.32. The van der Waals surface area contributed by atoms with E-state index in [9.17, 15) is 4.79 Å². The topological polar surface area (TPSA) is 95.6 Å². The van der Waals surface area contributed by atoms with Gasteiger partial charge in [-0.15, -0.1) is 0 Å². The van der Waals surface area contributed by atoms with Crippen molar-refractivity contribution >= 4 is 17.6 Å². The highest BCUT2D eigenvalue weighted by Crippen LogP contribution is 2.12. The quantitative estimate of drug-likeness (QED) is 0.221. The van der Waals surface area contributed by atoms with Crippen LogP contribution in [0.5, 0.6) is 0 Å². The lowest BCUT2D eigenvalue weighted by atomic mass is 10.2. The molecule has 0 atom stereocenters. The van der Waals surface area contributed by atoms with Crippen molar-refractivity contribution in [1.82, 2.24) is 9.97 Å². The van der Waals surface area contributed by atoms with Crippen molar-refractivity contribution < 1.29 is 0 Å². The van der Waals surface area contributed by atoms with Crippen LogP contribution in [0.1, 0.15) is 19.3 Å². The Balaban J connectivity index is 2.20. The van der Waals surface area contributed by atoms with Crippen LogP contribution in [0.2, 0.25) is 0 Å². The van der Waals surface area contributed by atoms with Crippen molar-refractivity contribution in [3.05, 3.63) is 22.6 Å².